The van der Waals surface area contributed by atoms with E-state index in [4.69, 9.17) is 5.73 Å². The number of hydrogen-bond donors (Lipinski definition) is 2. The first-order valence-corrected chi connectivity index (χ1v) is 10.2. The molecular formula is C15H25N3O3S2. The fourth-order valence-corrected chi connectivity index (χ4v) is 4.68. The lowest BCUT2D eigenvalue weighted by Gasteiger charge is -2.49. The predicted octanol–water partition coefficient (Wildman–Crippen LogP) is 1.59. The van der Waals surface area contributed by atoms with Gasteiger partial charge in [0.05, 0.1) is 22.5 Å². The predicted molar refractivity (Wildman–Crippen MR) is 91.6 cm³/mol. The van der Waals surface area contributed by atoms with Crippen molar-refractivity contribution < 1.29 is 13.2 Å². The molecule has 1 aromatic rings. The zero-order chi connectivity index (χ0) is 17.5. The number of carbonyl (C=O) groups is 1. The summed E-state index contributed by atoms with van der Waals surface area (Å²) in [4.78, 5) is 17.2. The molecule has 0 radical (unpaired) electrons. The summed E-state index contributed by atoms with van der Waals surface area (Å²) in [6, 6.07) is 0. The zero-order valence-electron chi connectivity index (χ0n) is 14.0. The number of nitrogens with zero attached hydrogens (tertiary/aromatic N) is 1. The number of aromatic nitrogens is 1. The van der Waals surface area contributed by atoms with Crippen LogP contribution in [0.4, 0.5) is 0 Å². The lowest BCUT2D eigenvalue weighted by molar-refractivity contribution is -0.131. The van der Waals surface area contributed by atoms with Crippen molar-refractivity contribution in [2.75, 3.05) is 5.75 Å². The maximum Gasteiger partial charge on any atom is 0.253 e. The molecule has 0 atom stereocenters. The summed E-state index contributed by atoms with van der Waals surface area (Å²) >= 11 is 1.42. The first-order chi connectivity index (χ1) is 10.4. The van der Waals surface area contributed by atoms with Gasteiger partial charge in [-0.05, 0) is 37.5 Å². The van der Waals surface area contributed by atoms with E-state index in [-0.39, 0.29) is 11.2 Å². The Morgan fingerprint density at radius 3 is 2.57 bits per heavy atom. The minimum absolute atomic E-state index is 0.0751. The number of nitrogens with two attached hydrogens (primary N) is 1. The van der Waals surface area contributed by atoms with E-state index in [1.54, 1.807) is 5.51 Å². The third-order valence-corrected chi connectivity index (χ3v) is 6.82. The van der Waals surface area contributed by atoms with Crippen LogP contribution in [0.1, 0.15) is 44.2 Å². The van der Waals surface area contributed by atoms with Gasteiger partial charge in [-0.25, -0.2) is 13.4 Å². The molecule has 0 bridgehead atoms. The van der Waals surface area contributed by atoms with E-state index in [1.165, 1.54) is 11.3 Å². The van der Waals surface area contributed by atoms with Gasteiger partial charge in [-0.2, -0.15) is 0 Å². The second-order valence-corrected chi connectivity index (χ2v) is 10.3. The van der Waals surface area contributed by atoms with Crippen LogP contribution < -0.4 is 10.5 Å². The molecule has 0 saturated heterocycles. The van der Waals surface area contributed by atoms with Crippen molar-refractivity contribution >= 4 is 27.3 Å². The number of carbonyl (C=O) groups excluding carboxylic acids is 1. The van der Waals surface area contributed by atoms with Crippen LogP contribution in [0.2, 0.25) is 0 Å². The highest BCUT2D eigenvalue weighted by Crippen LogP contribution is 2.46. The Morgan fingerprint density at radius 1 is 1.48 bits per heavy atom. The molecule has 1 heterocycles. The number of hydrogen-bond acceptors (Lipinski definition) is 6. The van der Waals surface area contributed by atoms with E-state index in [9.17, 15) is 13.2 Å². The highest BCUT2D eigenvalue weighted by atomic mass is 32.2. The Morgan fingerprint density at radius 2 is 2.09 bits per heavy atom. The van der Waals surface area contributed by atoms with Crippen molar-refractivity contribution in [1.29, 1.82) is 0 Å². The topological polar surface area (TPSA) is 102 Å². The van der Waals surface area contributed by atoms with Crippen LogP contribution in [-0.2, 0) is 21.2 Å². The van der Waals surface area contributed by atoms with Crippen LogP contribution in [0, 0.1) is 18.3 Å². The number of rotatable bonds is 5. The van der Waals surface area contributed by atoms with Gasteiger partial charge in [0.1, 0.15) is 0 Å². The Kier molecular flexibility index (Phi) is 4.90. The van der Waals surface area contributed by atoms with Crippen LogP contribution in [0.25, 0.3) is 0 Å². The van der Waals surface area contributed by atoms with Gasteiger partial charge in [0.2, 0.25) is 10.0 Å². The van der Waals surface area contributed by atoms with E-state index >= 15 is 0 Å². The molecule has 2 rings (SSSR count). The van der Waals surface area contributed by atoms with Crippen molar-refractivity contribution in [3.05, 3.63) is 16.1 Å². The Hall–Kier alpha value is -0.990. The molecule has 1 fully saturated rings. The number of amides is 1. The number of aryl methyl sites for hydroxylation is 2. The average molecular weight is 360 g/mol. The summed E-state index contributed by atoms with van der Waals surface area (Å²) in [5.41, 5.74) is 7.60. The Balaban J connectivity index is 1.91. The van der Waals surface area contributed by atoms with E-state index < -0.39 is 21.5 Å². The molecule has 8 heteroatoms. The Labute approximate surface area is 141 Å². The fourth-order valence-electron chi connectivity index (χ4n) is 2.70. The Bertz CT molecular complexity index is 683. The van der Waals surface area contributed by atoms with Gasteiger partial charge in [0.25, 0.3) is 5.91 Å². The second kappa shape index (κ2) is 6.14. The normalized spacial score (nSPS) is 25.0. The van der Waals surface area contributed by atoms with E-state index in [1.807, 2.05) is 6.92 Å². The molecule has 1 aliphatic rings. The summed E-state index contributed by atoms with van der Waals surface area (Å²) < 4.78 is 26.4. The van der Waals surface area contributed by atoms with Gasteiger partial charge in [-0.1, -0.05) is 20.8 Å². The average Bonchev–Trinajstić information content (AvgIpc) is 2.76. The maximum atomic E-state index is 12.2. The van der Waals surface area contributed by atoms with Crippen LogP contribution >= 0.6 is 11.3 Å². The third-order valence-electron chi connectivity index (χ3n) is 4.59. The molecule has 0 aromatic carbocycles. The summed E-state index contributed by atoms with van der Waals surface area (Å²) in [5.74, 6) is -0.389. The molecule has 0 spiro atoms. The molecule has 1 aliphatic carbocycles. The van der Waals surface area contributed by atoms with Crippen LogP contribution in [0.3, 0.4) is 0 Å². The van der Waals surface area contributed by atoms with E-state index in [0.717, 1.165) is 10.6 Å². The van der Waals surface area contributed by atoms with E-state index in [2.05, 4.69) is 30.5 Å². The van der Waals surface area contributed by atoms with Crippen LogP contribution in [-0.4, -0.2) is 30.6 Å². The van der Waals surface area contributed by atoms with Gasteiger partial charge in [-0.15, -0.1) is 11.3 Å². The van der Waals surface area contributed by atoms with Gasteiger partial charge in [0.15, 0.2) is 0 Å². The van der Waals surface area contributed by atoms with Gasteiger partial charge in [-0.3, -0.25) is 9.52 Å². The monoisotopic (exact) mass is 359 g/mol. The quantitative estimate of drug-likeness (QED) is 0.831. The highest BCUT2D eigenvalue weighted by molar-refractivity contribution is 7.90. The lowest BCUT2D eigenvalue weighted by atomic mass is 9.59. The van der Waals surface area contributed by atoms with Crippen molar-refractivity contribution in [2.24, 2.45) is 17.1 Å². The molecule has 1 saturated carbocycles. The molecule has 3 N–H and O–H groups in total. The summed E-state index contributed by atoms with van der Waals surface area (Å²) in [7, 11) is -3.69. The number of nitrogens with one attached hydrogen (secondary N) is 1. The maximum absolute atomic E-state index is 12.2. The van der Waals surface area contributed by atoms with Crippen molar-refractivity contribution in [3.63, 3.8) is 0 Å². The molecular weight excluding hydrogens is 334 g/mol. The standard InChI is InChI=1S/C15H25N3O3S2/c1-10-12(22-9-17-10)5-6-23(20,21)18-13(19)15(16)7-11(8-15)14(2,3)4/h9,11H,5-8,16H2,1-4H3,(H,18,19). The molecule has 1 amide bonds. The van der Waals surface area contributed by atoms with Gasteiger partial charge >= 0.3 is 0 Å². The van der Waals surface area contributed by atoms with Crippen LogP contribution in [0.5, 0.6) is 0 Å². The minimum atomic E-state index is -3.69. The molecule has 0 aliphatic heterocycles. The summed E-state index contributed by atoms with van der Waals surface area (Å²) in [6.07, 6.45) is 1.39. The molecule has 1 aromatic heterocycles. The number of sulfonamides is 1. The van der Waals surface area contributed by atoms with Crippen molar-refractivity contribution in [2.45, 2.75) is 52.5 Å². The van der Waals surface area contributed by atoms with E-state index in [0.29, 0.717) is 25.2 Å². The molecule has 0 unspecified atom stereocenters. The van der Waals surface area contributed by atoms with Crippen molar-refractivity contribution in [1.82, 2.24) is 9.71 Å². The smallest absolute Gasteiger partial charge is 0.253 e. The summed E-state index contributed by atoms with van der Waals surface area (Å²) in [5, 5.41) is 0. The first-order valence-electron chi connectivity index (χ1n) is 7.66. The third kappa shape index (κ3) is 4.30. The molecule has 6 nitrogen and oxygen atoms in total. The van der Waals surface area contributed by atoms with Crippen LogP contribution in [0.15, 0.2) is 5.51 Å². The summed E-state index contributed by atoms with van der Waals surface area (Å²) in [6.45, 7) is 8.14. The van der Waals surface area contributed by atoms with Gasteiger partial charge < -0.3 is 5.73 Å². The SMILES string of the molecule is Cc1ncsc1CCS(=O)(=O)NC(=O)C1(N)CC(C(C)(C)C)C1. The second-order valence-electron chi connectivity index (χ2n) is 7.49. The first kappa shape index (κ1) is 18.4. The lowest BCUT2D eigenvalue weighted by Crippen LogP contribution is -2.64. The largest absolute Gasteiger partial charge is 0.317 e. The minimum Gasteiger partial charge on any atom is -0.317 e. The highest BCUT2D eigenvalue weighted by Gasteiger charge is 2.51. The molecule has 130 valence electrons. The zero-order valence-corrected chi connectivity index (χ0v) is 15.7. The van der Waals surface area contributed by atoms with Gasteiger partial charge in [0, 0.05) is 4.88 Å². The number of thiazole rings is 1. The fraction of sp³-hybridized carbons (Fsp3) is 0.733. The molecule has 23 heavy (non-hydrogen) atoms. The van der Waals surface area contributed by atoms with Crippen molar-refractivity contribution in [3.8, 4) is 0 Å².